The van der Waals surface area contributed by atoms with E-state index >= 15 is 0 Å². The molecule has 134 valence electrons. The monoisotopic (exact) mass is 349 g/mol. The predicted molar refractivity (Wildman–Crippen MR) is 102 cm³/mol. The molecular formula is C19H31N3OS. The van der Waals surface area contributed by atoms with Crippen molar-refractivity contribution in [1.29, 1.82) is 0 Å². The van der Waals surface area contributed by atoms with E-state index in [1.165, 1.54) is 18.7 Å². The van der Waals surface area contributed by atoms with Crippen molar-refractivity contribution in [1.82, 2.24) is 14.9 Å². The zero-order valence-electron chi connectivity index (χ0n) is 15.6. The van der Waals surface area contributed by atoms with E-state index in [2.05, 4.69) is 36.9 Å². The second-order valence-electron chi connectivity index (χ2n) is 8.46. The number of rotatable bonds is 4. The second kappa shape index (κ2) is 6.83. The predicted octanol–water partition coefficient (Wildman–Crippen LogP) is 3.10. The fraction of sp³-hybridized carbons (Fsp3) is 0.789. The van der Waals surface area contributed by atoms with Crippen LogP contribution in [-0.4, -0.2) is 46.5 Å². The van der Waals surface area contributed by atoms with E-state index in [0.717, 1.165) is 55.9 Å². The summed E-state index contributed by atoms with van der Waals surface area (Å²) in [6, 6.07) is 0. The molecule has 1 spiro atoms. The fourth-order valence-corrected chi connectivity index (χ4v) is 4.55. The highest BCUT2D eigenvalue weighted by atomic mass is 32.2. The van der Waals surface area contributed by atoms with Crippen LogP contribution < -0.4 is 5.56 Å². The molecule has 2 heterocycles. The Balaban J connectivity index is 1.80. The summed E-state index contributed by atoms with van der Waals surface area (Å²) in [4.78, 5) is 23.1. The van der Waals surface area contributed by atoms with Crippen LogP contribution in [0.25, 0.3) is 0 Å². The van der Waals surface area contributed by atoms with Crippen LogP contribution in [0.15, 0.2) is 4.79 Å². The Morgan fingerprint density at radius 2 is 1.96 bits per heavy atom. The van der Waals surface area contributed by atoms with E-state index in [1.54, 1.807) is 0 Å². The average Bonchev–Trinajstić information content (AvgIpc) is 2.88. The molecular weight excluding hydrogens is 318 g/mol. The van der Waals surface area contributed by atoms with Gasteiger partial charge in [0.05, 0.1) is 5.69 Å². The maximum Gasteiger partial charge on any atom is 0.254 e. The van der Waals surface area contributed by atoms with Crippen LogP contribution in [0.5, 0.6) is 0 Å². The number of likely N-dealkylation sites (tertiary alicyclic amines) is 1. The largest absolute Gasteiger partial charge is 0.310 e. The van der Waals surface area contributed by atoms with Gasteiger partial charge in [-0.05, 0) is 63.7 Å². The molecule has 1 aromatic rings. The molecule has 3 rings (SSSR count). The first-order valence-corrected chi connectivity index (χ1v) is 10.6. The van der Waals surface area contributed by atoms with Crippen molar-refractivity contribution < 1.29 is 0 Å². The first-order chi connectivity index (χ1) is 11.4. The maximum atomic E-state index is 12.5. The molecule has 0 unspecified atom stereocenters. The van der Waals surface area contributed by atoms with Crippen LogP contribution in [0.2, 0.25) is 0 Å². The normalized spacial score (nSPS) is 20.5. The third-order valence-electron chi connectivity index (χ3n) is 5.72. The summed E-state index contributed by atoms with van der Waals surface area (Å²) >= 11 is 1.93. The van der Waals surface area contributed by atoms with Crippen molar-refractivity contribution in [2.45, 2.75) is 63.7 Å². The molecule has 1 aliphatic carbocycles. The number of nitrogens with one attached hydrogen (secondary N) is 1. The molecule has 2 aliphatic rings. The molecule has 1 fully saturated rings. The van der Waals surface area contributed by atoms with E-state index in [9.17, 15) is 4.79 Å². The van der Waals surface area contributed by atoms with Crippen LogP contribution in [0.1, 0.15) is 63.5 Å². The van der Waals surface area contributed by atoms with Gasteiger partial charge in [0.25, 0.3) is 5.56 Å². The SMILES string of the molecule is CSCCCN1CCC2(CCc3c2nc(C(C)(C)C)[nH]c3=O)CC1. The van der Waals surface area contributed by atoms with Crippen molar-refractivity contribution >= 4 is 11.8 Å². The Morgan fingerprint density at radius 1 is 1.25 bits per heavy atom. The molecule has 1 aromatic heterocycles. The number of aromatic amines is 1. The minimum Gasteiger partial charge on any atom is -0.310 e. The maximum absolute atomic E-state index is 12.5. The minimum atomic E-state index is -0.115. The molecule has 1 aliphatic heterocycles. The second-order valence-corrected chi connectivity index (χ2v) is 9.45. The van der Waals surface area contributed by atoms with Crippen LogP contribution in [0.3, 0.4) is 0 Å². The fourth-order valence-electron chi connectivity index (χ4n) is 4.13. The van der Waals surface area contributed by atoms with Gasteiger partial charge < -0.3 is 9.88 Å². The van der Waals surface area contributed by atoms with Gasteiger partial charge in [0, 0.05) is 16.4 Å². The molecule has 0 saturated carbocycles. The Kier molecular flexibility index (Phi) is 5.12. The van der Waals surface area contributed by atoms with Crippen LogP contribution in [0.4, 0.5) is 0 Å². The minimum absolute atomic E-state index is 0.101. The number of piperidine rings is 1. The molecule has 4 nitrogen and oxygen atoms in total. The average molecular weight is 350 g/mol. The number of fused-ring (bicyclic) bond motifs is 2. The quantitative estimate of drug-likeness (QED) is 0.849. The van der Waals surface area contributed by atoms with Gasteiger partial charge in [-0.2, -0.15) is 11.8 Å². The third-order valence-corrected chi connectivity index (χ3v) is 6.41. The number of hydrogen-bond donors (Lipinski definition) is 1. The van der Waals surface area contributed by atoms with Gasteiger partial charge >= 0.3 is 0 Å². The van der Waals surface area contributed by atoms with Crippen molar-refractivity contribution in [3.63, 3.8) is 0 Å². The van der Waals surface area contributed by atoms with Gasteiger partial charge in [-0.15, -0.1) is 0 Å². The number of thioether (sulfide) groups is 1. The topological polar surface area (TPSA) is 49.0 Å². The number of hydrogen-bond acceptors (Lipinski definition) is 4. The van der Waals surface area contributed by atoms with Crippen LogP contribution >= 0.6 is 11.8 Å². The van der Waals surface area contributed by atoms with Crippen molar-refractivity contribution in [2.24, 2.45) is 0 Å². The van der Waals surface area contributed by atoms with Gasteiger partial charge in [-0.1, -0.05) is 20.8 Å². The molecule has 0 radical (unpaired) electrons. The molecule has 1 N–H and O–H groups in total. The summed E-state index contributed by atoms with van der Waals surface area (Å²) in [5.74, 6) is 2.09. The lowest BCUT2D eigenvalue weighted by Crippen LogP contribution is -2.43. The molecule has 24 heavy (non-hydrogen) atoms. The number of nitrogens with zero attached hydrogens (tertiary/aromatic N) is 2. The highest BCUT2D eigenvalue weighted by Gasteiger charge is 2.44. The summed E-state index contributed by atoms with van der Waals surface area (Å²) in [6.45, 7) is 9.86. The summed E-state index contributed by atoms with van der Waals surface area (Å²) in [5.41, 5.74) is 2.22. The Labute approximate surface area is 149 Å². The lowest BCUT2D eigenvalue weighted by atomic mass is 9.76. The Hall–Kier alpha value is -0.810. The standard InChI is InChI=1S/C19H31N3OS/c1-18(2,3)17-20-15-14(16(23)21-17)6-7-19(15)8-11-22(12-9-19)10-5-13-24-4/h5-13H2,1-4H3,(H,20,21,23). The molecule has 5 heteroatoms. The molecule has 0 amide bonds. The van der Waals surface area contributed by atoms with Crippen molar-refractivity contribution in [3.8, 4) is 0 Å². The van der Waals surface area contributed by atoms with E-state index < -0.39 is 0 Å². The smallest absolute Gasteiger partial charge is 0.254 e. The zero-order chi connectivity index (χ0) is 17.4. The highest BCUT2D eigenvalue weighted by Crippen LogP contribution is 2.44. The third kappa shape index (κ3) is 3.43. The first-order valence-electron chi connectivity index (χ1n) is 9.21. The number of H-pyrrole nitrogens is 1. The molecule has 1 saturated heterocycles. The van der Waals surface area contributed by atoms with E-state index in [-0.39, 0.29) is 16.4 Å². The highest BCUT2D eigenvalue weighted by molar-refractivity contribution is 7.98. The van der Waals surface area contributed by atoms with Crippen molar-refractivity contribution in [3.05, 3.63) is 27.4 Å². The van der Waals surface area contributed by atoms with Crippen molar-refractivity contribution in [2.75, 3.05) is 31.6 Å². The van der Waals surface area contributed by atoms with Gasteiger partial charge in [0.1, 0.15) is 5.82 Å². The summed E-state index contributed by atoms with van der Waals surface area (Å²) in [6.07, 6.45) is 7.76. The summed E-state index contributed by atoms with van der Waals surface area (Å²) in [5, 5.41) is 0. The summed E-state index contributed by atoms with van der Waals surface area (Å²) < 4.78 is 0. The van der Waals surface area contributed by atoms with Gasteiger partial charge in [0.15, 0.2) is 0 Å². The van der Waals surface area contributed by atoms with Gasteiger partial charge in [-0.25, -0.2) is 4.98 Å². The zero-order valence-corrected chi connectivity index (χ0v) is 16.4. The molecule has 0 aromatic carbocycles. The van der Waals surface area contributed by atoms with E-state index in [4.69, 9.17) is 4.98 Å². The van der Waals surface area contributed by atoms with E-state index in [1.807, 2.05) is 11.8 Å². The van der Waals surface area contributed by atoms with Gasteiger partial charge in [-0.3, -0.25) is 4.79 Å². The molecule has 0 bridgehead atoms. The number of aromatic nitrogens is 2. The lowest BCUT2D eigenvalue weighted by molar-refractivity contribution is 0.156. The van der Waals surface area contributed by atoms with Crippen LogP contribution in [0, 0.1) is 0 Å². The Bertz CT molecular complexity index is 639. The lowest BCUT2D eigenvalue weighted by Gasteiger charge is -2.39. The summed E-state index contributed by atoms with van der Waals surface area (Å²) in [7, 11) is 0. The van der Waals surface area contributed by atoms with E-state index in [0.29, 0.717) is 0 Å². The van der Waals surface area contributed by atoms with Gasteiger partial charge in [0.2, 0.25) is 0 Å². The Morgan fingerprint density at radius 3 is 2.58 bits per heavy atom. The molecule has 0 atom stereocenters. The first kappa shape index (κ1) is 18.0. The van der Waals surface area contributed by atoms with Crippen LogP contribution in [-0.2, 0) is 17.3 Å².